The summed E-state index contributed by atoms with van der Waals surface area (Å²) in [5, 5.41) is 0. The normalized spacial score (nSPS) is 23.0. The Morgan fingerprint density at radius 1 is 1.47 bits per heavy atom. The molecule has 0 aliphatic heterocycles. The summed E-state index contributed by atoms with van der Waals surface area (Å²) in [5.41, 5.74) is 6.52. The van der Waals surface area contributed by atoms with Crippen LogP contribution in [0.15, 0.2) is 34.8 Å². The van der Waals surface area contributed by atoms with Crippen molar-refractivity contribution in [1.29, 1.82) is 0 Å². The summed E-state index contributed by atoms with van der Waals surface area (Å²) in [6.45, 7) is 0. The van der Waals surface area contributed by atoms with Crippen molar-refractivity contribution in [3.63, 3.8) is 0 Å². The SMILES string of the molecule is NC1C=CC(C(=O)Cc2ccc(F)cc2Br)C1. The monoisotopic (exact) mass is 297 g/mol. The third-order valence-corrected chi connectivity index (χ3v) is 3.65. The van der Waals surface area contributed by atoms with E-state index in [9.17, 15) is 9.18 Å². The number of rotatable bonds is 3. The molecule has 1 aromatic carbocycles. The number of benzene rings is 1. The van der Waals surface area contributed by atoms with E-state index in [0.29, 0.717) is 17.3 Å². The van der Waals surface area contributed by atoms with E-state index in [1.54, 1.807) is 6.07 Å². The quantitative estimate of drug-likeness (QED) is 0.872. The van der Waals surface area contributed by atoms with Gasteiger partial charge < -0.3 is 5.73 Å². The Balaban J connectivity index is 2.06. The molecule has 0 amide bonds. The molecule has 2 N–H and O–H groups in total. The number of carbonyl (C=O) groups excluding carboxylic acids is 1. The van der Waals surface area contributed by atoms with E-state index in [2.05, 4.69) is 15.9 Å². The lowest BCUT2D eigenvalue weighted by atomic mass is 9.97. The number of nitrogens with two attached hydrogens (primary N) is 1. The lowest BCUT2D eigenvalue weighted by molar-refractivity contribution is -0.120. The summed E-state index contributed by atoms with van der Waals surface area (Å²) in [7, 11) is 0. The lowest BCUT2D eigenvalue weighted by Crippen LogP contribution is -2.20. The fourth-order valence-electron chi connectivity index (χ4n) is 1.95. The average Bonchev–Trinajstić information content (AvgIpc) is 2.69. The zero-order chi connectivity index (χ0) is 12.4. The molecule has 2 rings (SSSR count). The number of hydrogen-bond donors (Lipinski definition) is 1. The molecule has 0 bridgehead atoms. The van der Waals surface area contributed by atoms with E-state index in [1.807, 2.05) is 12.2 Å². The van der Waals surface area contributed by atoms with Crippen LogP contribution >= 0.6 is 15.9 Å². The van der Waals surface area contributed by atoms with Gasteiger partial charge in [-0.25, -0.2) is 4.39 Å². The molecule has 1 aromatic rings. The molecule has 2 atom stereocenters. The van der Waals surface area contributed by atoms with Crippen molar-refractivity contribution in [2.45, 2.75) is 18.9 Å². The largest absolute Gasteiger partial charge is 0.324 e. The fraction of sp³-hybridized carbons (Fsp3) is 0.308. The highest BCUT2D eigenvalue weighted by Gasteiger charge is 2.23. The highest BCUT2D eigenvalue weighted by Crippen LogP contribution is 2.23. The highest BCUT2D eigenvalue weighted by molar-refractivity contribution is 9.10. The number of ketones is 1. The summed E-state index contributed by atoms with van der Waals surface area (Å²) < 4.78 is 13.5. The Hall–Kier alpha value is -1.00. The third-order valence-electron chi connectivity index (χ3n) is 2.91. The van der Waals surface area contributed by atoms with Gasteiger partial charge in [-0.2, -0.15) is 0 Å². The second-order valence-corrected chi connectivity index (χ2v) is 5.12. The van der Waals surface area contributed by atoms with Gasteiger partial charge in [0.25, 0.3) is 0 Å². The summed E-state index contributed by atoms with van der Waals surface area (Å²) in [6.07, 6.45) is 4.72. The molecule has 0 saturated heterocycles. The van der Waals surface area contributed by atoms with Gasteiger partial charge in [0.1, 0.15) is 11.6 Å². The minimum absolute atomic E-state index is 0.0133. The topological polar surface area (TPSA) is 43.1 Å². The van der Waals surface area contributed by atoms with Gasteiger partial charge in [-0.15, -0.1) is 0 Å². The molecule has 0 radical (unpaired) electrons. The summed E-state index contributed by atoms with van der Waals surface area (Å²) in [4.78, 5) is 12.0. The van der Waals surface area contributed by atoms with Gasteiger partial charge in [-0.05, 0) is 24.1 Å². The first-order valence-corrected chi connectivity index (χ1v) is 6.26. The van der Waals surface area contributed by atoms with Crippen LogP contribution < -0.4 is 5.73 Å². The van der Waals surface area contributed by atoms with E-state index in [-0.39, 0.29) is 23.6 Å². The highest BCUT2D eigenvalue weighted by atomic mass is 79.9. The molecule has 0 heterocycles. The van der Waals surface area contributed by atoms with Crippen molar-refractivity contribution in [3.8, 4) is 0 Å². The Bertz CT molecular complexity index is 472. The van der Waals surface area contributed by atoms with Crippen LogP contribution in [0.25, 0.3) is 0 Å². The van der Waals surface area contributed by atoms with Crippen LogP contribution in [-0.2, 0) is 11.2 Å². The number of Topliss-reactive ketones (excluding diaryl/α,β-unsaturated/α-hetero) is 1. The van der Waals surface area contributed by atoms with Crippen LogP contribution in [0.3, 0.4) is 0 Å². The number of halogens is 2. The van der Waals surface area contributed by atoms with E-state index in [1.165, 1.54) is 12.1 Å². The molecule has 17 heavy (non-hydrogen) atoms. The number of hydrogen-bond acceptors (Lipinski definition) is 2. The van der Waals surface area contributed by atoms with Crippen molar-refractivity contribution in [2.75, 3.05) is 0 Å². The average molecular weight is 298 g/mol. The Morgan fingerprint density at radius 2 is 2.24 bits per heavy atom. The molecule has 4 heteroatoms. The number of carbonyl (C=O) groups is 1. The Labute approximate surface area is 108 Å². The maximum Gasteiger partial charge on any atom is 0.144 e. The van der Waals surface area contributed by atoms with Crippen molar-refractivity contribution < 1.29 is 9.18 Å². The second-order valence-electron chi connectivity index (χ2n) is 4.27. The fourth-order valence-corrected chi connectivity index (χ4v) is 2.44. The van der Waals surface area contributed by atoms with Gasteiger partial charge in [-0.1, -0.05) is 34.1 Å². The van der Waals surface area contributed by atoms with Crippen LogP contribution in [0, 0.1) is 11.7 Å². The van der Waals surface area contributed by atoms with Gasteiger partial charge >= 0.3 is 0 Å². The van der Waals surface area contributed by atoms with Crippen LogP contribution in [0.2, 0.25) is 0 Å². The van der Waals surface area contributed by atoms with Crippen LogP contribution in [0.4, 0.5) is 4.39 Å². The molecular formula is C13H13BrFNO. The summed E-state index contributed by atoms with van der Waals surface area (Å²) >= 11 is 3.26. The van der Waals surface area contributed by atoms with E-state index >= 15 is 0 Å². The standard InChI is InChI=1S/C13H13BrFNO/c14-12-7-10(15)3-1-8(12)6-13(17)9-2-4-11(16)5-9/h1-4,7,9,11H,5-6,16H2. The minimum Gasteiger partial charge on any atom is -0.324 e. The first kappa shape index (κ1) is 12.5. The Kier molecular flexibility index (Phi) is 3.74. The van der Waals surface area contributed by atoms with Gasteiger partial charge in [0.15, 0.2) is 0 Å². The van der Waals surface area contributed by atoms with Gasteiger partial charge in [0.05, 0.1) is 0 Å². The van der Waals surface area contributed by atoms with E-state index in [4.69, 9.17) is 5.73 Å². The molecule has 0 aromatic heterocycles. The molecule has 1 aliphatic carbocycles. The van der Waals surface area contributed by atoms with Crippen molar-refractivity contribution >= 4 is 21.7 Å². The van der Waals surface area contributed by atoms with Gasteiger partial charge in [-0.3, -0.25) is 4.79 Å². The first-order chi connectivity index (χ1) is 8.06. The third kappa shape index (κ3) is 3.01. The van der Waals surface area contributed by atoms with Crippen LogP contribution in [0.5, 0.6) is 0 Å². The zero-order valence-electron chi connectivity index (χ0n) is 9.20. The minimum atomic E-state index is -0.309. The predicted molar refractivity (Wildman–Crippen MR) is 68.0 cm³/mol. The van der Waals surface area contributed by atoms with Gasteiger partial charge in [0.2, 0.25) is 0 Å². The van der Waals surface area contributed by atoms with Crippen LogP contribution in [-0.4, -0.2) is 11.8 Å². The molecule has 2 nitrogen and oxygen atoms in total. The van der Waals surface area contributed by atoms with E-state index in [0.717, 1.165) is 5.56 Å². The van der Waals surface area contributed by atoms with Crippen LogP contribution in [0.1, 0.15) is 12.0 Å². The summed E-state index contributed by atoms with van der Waals surface area (Å²) in [5.74, 6) is -0.278. The predicted octanol–water partition coefficient (Wildman–Crippen LogP) is 2.60. The summed E-state index contributed by atoms with van der Waals surface area (Å²) in [6, 6.07) is 4.36. The molecule has 0 saturated carbocycles. The van der Waals surface area contributed by atoms with E-state index < -0.39 is 0 Å². The molecule has 0 fully saturated rings. The van der Waals surface area contributed by atoms with Gasteiger partial charge in [0, 0.05) is 22.9 Å². The van der Waals surface area contributed by atoms with Crippen molar-refractivity contribution in [1.82, 2.24) is 0 Å². The molecular weight excluding hydrogens is 285 g/mol. The molecule has 90 valence electrons. The van der Waals surface area contributed by atoms with Crippen molar-refractivity contribution in [3.05, 3.63) is 46.2 Å². The maximum absolute atomic E-state index is 12.9. The maximum atomic E-state index is 12.9. The Morgan fingerprint density at radius 3 is 2.82 bits per heavy atom. The molecule has 0 spiro atoms. The van der Waals surface area contributed by atoms with Crippen molar-refractivity contribution in [2.24, 2.45) is 11.7 Å². The second kappa shape index (κ2) is 5.10. The smallest absolute Gasteiger partial charge is 0.144 e. The number of allylic oxidation sites excluding steroid dienone is 1. The zero-order valence-corrected chi connectivity index (χ0v) is 10.8. The lowest BCUT2D eigenvalue weighted by Gasteiger charge is -2.09. The first-order valence-electron chi connectivity index (χ1n) is 5.47. The molecule has 2 unspecified atom stereocenters. The molecule has 1 aliphatic rings.